The predicted octanol–water partition coefficient (Wildman–Crippen LogP) is 1.22. The maximum absolute atomic E-state index is 11.5. The number of hydrogen-bond acceptors (Lipinski definition) is 15. The lowest BCUT2D eigenvalue weighted by Crippen LogP contribution is -2.33. The third-order valence-electron chi connectivity index (χ3n) is 6.56. The SMILES string of the molecule is CCCCCC(=O)OCCOCCOCCOCCOCCOCCOCCOCCOCCOCCOCCOCCN1C(=O)C=CC1=O. The van der Waals surface area contributed by atoms with Crippen molar-refractivity contribution in [1.82, 2.24) is 4.90 Å². The summed E-state index contributed by atoms with van der Waals surface area (Å²) in [6.07, 6.45) is 5.98. The van der Waals surface area contributed by atoms with Gasteiger partial charge in [0.05, 0.1) is 152 Å². The number of amides is 2. The largest absolute Gasteiger partial charge is 0.463 e. The van der Waals surface area contributed by atoms with Gasteiger partial charge in [0.25, 0.3) is 11.8 Å². The zero-order valence-electron chi connectivity index (χ0n) is 30.0. The van der Waals surface area contributed by atoms with Crippen LogP contribution >= 0.6 is 0 Å². The molecule has 0 bridgehead atoms. The highest BCUT2D eigenvalue weighted by molar-refractivity contribution is 6.12. The molecule has 1 aliphatic heterocycles. The van der Waals surface area contributed by atoms with Crippen LogP contribution in [0.1, 0.15) is 32.6 Å². The lowest BCUT2D eigenvalue weighted by Gasteiger charge is -2.13. The number of hydrogen-bond donors (Lipinski definition) is 0. The average Bonchev–Trinajstić information content (AvgIpc) is 3.44. The number of rotatable bonds is 40. The van der Waals surface area contributed by atoms with Crippen LogP contribution in [0.3, 0.4) is 0 Å². The second kappa shape index (κ2) is 36.7. The Hall–Kier alpha value is -2.09. The fourth-order valence-electron chi connectivity index (χ4n) is 3.91. The van der Waals surface area contributed by atoms with Gasteiger partial charge in [0.15, 0.2) is 0 Å². The highest BCUT2D eigenvalue weighted by Gasteiger charge is 2.22. The van der Waals surface area contributed by atoms with E-state index in [9.17, 15) is 14.4 Å². The smallest absolute Gasteiger partial charge is 0.305 e. The Morgan fingerprint density at radius 1 is 0.440 bits per heavy atom. The van der Waals surface area contributed by atoms with Crippen LogP contribution in [0.25, 0.3) is 0 Å². The summed E-state index contributed by atoms with van der Waals surface area (Å²) in [6.45, 7) is 12.5. The third-order valence-corrected chi connectivity index (χ3v) is 6.56. The lowest BCUT2D eigenvalue weighted by atomic mass is 10.2. The van der Waals surface area contributed by atoms with E-state index in [0.717, 1.165) is 24.2 Å². The van der Waals surface area contributed by atoms with E-state index < -0.39 is 0 Å². The maximum Gasteiger partial charge on any atom is 0.305 e. The standard InChI is InChI=1S/C34H61NO15/c1-2-3-4-5-34(38)50-31-30-49-29-28-48-27-26-47-25-24-46-23-22-45-21-20-44-19-18-43-17-16-42-15-14-41-13-12-40-11-10-39-9-8-35-32(36)6-7-33(35)37/h6-7H,2-5,8-31H2,1H3. The molecule has 0 saturated carbocycles. The summed E-state index contributed by atoms with van der Waals surface area (Å²) in [5, 5.41) is 0. The van der Waals surface area contributed by atoms with Crippen molar-refractivity contribution in [3.63, 3.8) is 0 Å². The van der Waals surface area contributed by atoms with Crippen molar-refractivity contribution in [2.45, 2.75) is 32.6 Å². The Bertz CT molecular complexity index is 814. The Morgan fingerprint density at radius 2 is 0.720 bits per heavy atom. The van der Waals surface area contributed by atoms with E-state index >= 15 is 0 Å². The summed E-state index contributed by atoms with van der Waals surface area (Å²) >= 11 is 0. The molecule has 0 fully saturated rings. The molecule has 50 heavy (non-hydrogen) atoms. The van der Waals surface area contributed by atoms with Gasteiger partial charge in [-0.15, -0.1) is 0 Å². The van der Waals surface area contributed by atoms with Crippen LogP contribution in [0.2, 0.25) is 0 Å². The van der Waals surface area contributed by atoms with Gasteiger partial charge in [-0.25, -0.2) is 0 Å². The van der Waals surface area contributed by atoms with E-state index in [4.69, 9.17) is 56.8 Å². The fourth-order valence-corrected chi connectivity index (χ4v) is 3.91. The molecule has 0 saturated heterocycles. The number of carbonyl (C=O) groups excluding carboxylic acids is 3. The molecule has 0 atom stereocenters. The van der Waals surface area contributed by atoms with Crippen LogP contribution in [-0.2, 0) is 71.2 Å². The number of ether oxygens (including phenoxy) is 12. The van der Waals surface area contributed by atoms with Crippen molar-refractivity contribution in [2.75, 3.05) is 159 Å². The molecule has 292 valence electrons. The van der Waals surface area contributed by atoms with Crippen LogP contribution in [-0.4, -0.2) is 181 Å². The first-order valence-corrected chi connectivity index (χ1v) is 17.7. The van der Waals surface area contributed by atoms with Crippen LogP contribution in [0.5, 0.6) is 0 Å². The summed E-state index contributed by atoms with van der Waals surface area (Å²) in [5.74, 6) is -0.784. The third kappa shape index (κ3) is 30.7. The van der Waals surface area contributed by atoms with Gasteiger partial charge in [-0.05, 0) is 6.42 Å². The first-order valence-electron chi connectivity index (χ1n) is 17.7. The molecule has 0 spiro atoms. The van der Waals surface area contributed by atoms with Gasteiger partial charge in [0, 0.05) is 18.6 Å². The number of unbranched alkanes of at least 4 members (excludes halogenated alkanes) is 2. The quantitative estimate of drug-likeness (QED) is 0.0503. The molecule has 2 amide bonds. The molecular formula is C34H61NO15. The maximum atomic E-state index is 11.5. The molecule has 0 aromatic carbocycles. The molecule has 0 unspecified atom stereocenters. The summed E-state index contributed by atoms with van der Waals surface area (Å²) in [4.78, 5) is 35.4. The van der Waals surface area contributed by atoms with Crippen LogP contribution in [0, 0.1) is 0 Å². The molecule has 0 radical (unpaired) electrons. The molecule has 1 rings (SSSR count). The second-order valence-corrected chi connectivity index (χ2v) is 10.6. The highest BCUT2D eigenvalue weighted by Crippen LogP contribution is 2.02. The first-order chi connectivity index (χ1) is 24.6. The molecule has 0 aliphatic carbocycles. The van der Waals surface area contributed by atoms with Crippen LogP contribution in [0.4, 0.5) is 0 Å². The van der Waals surface area contributed by atoms with E-state index in [2.05, 4.69) is 6.92 Å². The van der Waals surface area contributed by atoms with Gasteiger partial charge in [0.2, 0.25) is 0 Å². The average molecular weight is 724 g/mol. The lowest BCUT2D eigenvalue weighted by molar-refractivity contribution is -0.145. The van der Waals surface area contributed by atoms with Crippen molar-refractivity contribution in [3.05, 3.63) is 12.2 Å². The molecule has 0 aromatic heterocycles. The number of nitrogens with zero attached hydrogens (tertiary/aromatic N) is 1. The Labute approximate surface area is 297 Å². The van der Waals surface area contributed by atoms with Gasteiger partial charge in [-0.2, -0.15) is 0 Å². The molecule has 16 heteroatoms. The van der Waals surface area contributed by atoms with Gasteiger partial charge in [0.1, 0.15) is 6.61 Å². The number of esters is 1. The molecule has 1 heterocycles. The molecule has 1 aliphatic rings. The van der Waals surface area contributed by atoms with Gasteiger partial charge >= 0.3 is 5.97 Å². The zero-order chi connectivity index (χ0) is 36.0. The normalized spacial score (nSPS) is 12.9. The van der Waals surface area contributed by atoms with Gasteiger partial charge < -0.3 is 56.8 Å². The minimum Gasteiger partial charge on any atom is -0.463 e. The van der Waals surface area contributed by atoms with Crippen molar-refractivity contribution in [1.29, 1.82) is 0 Å². The summed E-state index contributed by atoms with van der Waals surface area (Å²) in [5.41, 5.74) is 0. The monoisotopic (exact) mass is 723 g/mol. The fraction of sp³-hybridized carbons (Fsp3) is 0.853. The van der Waals surface area contributed by atoms with Gasteiger partial charge in [-0.1, -0.05) is 19.8 Å². The molecule has 0 N–H and O–H groups in total. The minimum absolute atomic E-state index is 0.166. The minimum atomic E-state index is -0.309. The van der Waals surface area contributed by atoms with E-state index in [1.165, 1.54) is 12.2 Å². The molecule has 0 aromatic rings. The van der Waals surface area contributed by atoms with Crippen LogP contribution < -0.4 is 0 Å². The summed E-state index contributed by atoms with van der Waals surface area (Å²) < 4.78 is 64.9. The first kappa shape index (κ1) is 45.9. The van der Waals surface area contributed by atoms with E-state index in [0.29, 0.717) is 145 Å². The number of imide groups is 1. The Morgan fingerprint density at radius 3 is 1.02 bits per heavy atom. The van der Waals surface area contributed by atoms with Crippen molar-refractivity contribution in [3.8, 4) is 0 Å². The van der Waals surface area contributed by atoms with Crippen molar-refractivity contribution >= 4 is 17.8 Å². The van der Waals surface area contributed by atoms with E-state index in [1.807, 2.05) is 0 Å². The van der Waals surface area contributed by atoms with E-state index in [-0.39, 0.29) is 37.5 Å². The summed E-state index contributed by atoms with van der Waals surface area (Å²) in [6, 6.07) is 0. The predicted molar refractivity (Wildman–Crippen MR) is 180 cm³/mol. The second-order valence-electron chi connectivity index (χ2n) is 10.6. The molecule has 16 nitrogen and oxygen atoms in total. The van der Waals surface area contributed by atoms with Crippen molar-refractivity contribution in [2.24, 2.45) is 0 Å². The van der Waals surface area contributed by atoms with Crippen molar-refractivity contribution < 1.29 is 71.2 Å². The highest BCUT2D eigenvalue weighted by atomic mass is 16.6. The number of carbonyl (C=O) groups is 3. The Balaban J connectivity index is 1.63. The summed E-state index contributed by atoms with van der Waals surface area (Å²) in [7, 11) is 0. The van der Waals surface area contributed by atoms with E-state index in [1.54, 1.807) is 0 Å². The topological polar surface area (TPSA) is 165 Å². The Kier molecular flexibility index (Phi) is 33.7. The van der Waals surface area contributed by atoms with Crippen LogP contribution in [0.15, 0.2) is 12.2 Å². The van der Waals surface area contributed by atoms with Gasteiger partial charge in [-0.3, -0.25) is 19.3 Å². The zero-order valence-corrected chi connectivity index (χ0v) is 30.0. The molecular weight excluding hydrogens is 662 g/mol.